The molecule has 1 aromatic heterocycles. The first-order valence-electron chi connectivity index (χ1n) is 9.54. The van der Waals surface area contributed by atoms with Crippen LogP contribution in [0.1, 0.15) is 36.8 Å². The van der Waals surface area contributed by atoms with Crippen molar-refractivity contribution in [2.75, 3.05) is 6.26 Å². The van der Waals surface area contributed by atoms with Crippen LogP contribution in [0.15, 0.2) is 41.7 Å². The molecule has 1 amide bonds. The van der Waals surface area contributed by atoms with Gasteiger partial charge in [0, 0.05) is 6.04 Å². The fourth-order valence-electron chi connectivity index (χ4n) is 4.12. The first kappa shape index (κ1) is 19.5. The van der Waals surface area contributed by atoms with Crippen LogP contribution in [0.2, 0.25) is 0 Å². The Kier molecular flexibility index (Phi) is 5.58. The topological polar surface area (TPSA) is 97.1 Å². The number of alkyl carbamates (subject to hydrolysis) is 1. The summed E-state index contributed by atoms with van der Waals surface area (Å²) in [6, 6.07) is 11.9. The predicted octanol–water partition coefficient (Wildman–Crippen LogP) is 3.69. The van der Waals surface area contributed by atoms with Crippen molar-refractivity contribution in [3.8, 4) is 11.9 Å². The number of thioether (sulfide) groups is 1. The molecule has 0 radical (unpaired) electrons. The molecule has 8 heteroatoms. The molecule has 1 spiro atoms. The minimum Gasteiger partial charge on any atom is -0.473 e. The van der Waals surface area contributed by atoms with Gasteiger partial charge in [-0.1, -0.05) is 42.1 Å². The summed E-state index contributed by atoms with van der Waals surface area (Å²) >= 11 is 1.42. The van der Waals surface area contributed by atoms with E-state index in [1.165, 1.54) is 18.0 Å². The highest BCUT2D eigenvalue weighted by molar-refractivity contribution is 7.98. The molecule has 2 aliphatic rings. The normalized spacial score (nSPS) is 24.7. The first-order valence-corrected chi connectivity index (χ1v) is 10.8. The number of rotatable bonds is 6. The van der Waals surface area contributed by atoms with E-state index < -0.39 is 0 Å². The molecule has 1 heterocycles. The quantitative estimate of drug-likeness (QED) is 0.573. The summed E-state index contributed by atoms with van der Waals surface area (Å²) in [5, 5.41) is 12.7. The number of ether oxygens (including phenoxy) is 2. The second kappa shape index (κ2) is 8.29. The summed E-state index contributed by atoms with van der Waals surface area (Å²) < 4.78 is 11.2. The fraction of sp³-hybridized carbons (Fsp3) is 0.429. The van der Waals surface area contributed by atoms with Gasteiger partial charge in [0.15, 0.2) is 5.16 Å². The minimum atomic E-state index is -0.370. The van der Waals surface area contributed by atoms with Gasteiger partial charge < -0.3 is 14.8 Å². The van der Waals surface area contributed by atoms with Gasteiger partial charge in [-0.15, -0.1) is 0 Å². The summed E-state index contributed by atoms with van der Waals surface area (Å²) in [5.41, 5.74) is 1.56. The van der Waals surface area contributed by atoms with Gasteiger partial charge in [-0.2, -0.15) is 10.2 Å². The molecule has 0 atom stereocenters. The average molecular weight is 410 g/mol. The van der Waals surface area contributed by atoms with Gasteiger partial charge in [-0.25, -0.2) is 9.78 Å². The molecule has 2 aromatic rings. The third-order valence-electron chi connectivity index (χ3n) is 5.53. The van der Waals surface area contributed by atoms with Gasteiger partial charge in [0.2, 0.25) is 5.88 Å². The monoisotopic (exact) mass is 410 g/mol. The van der Waals surface area contributed by atoms with Gasteiger partial charge in [0.1, 0.15) is 24.3 Å². The van der Waals surface area contributed by atoms with E-state index >= 15 is 0 Å². The summed E-state index contributed by atoms with van der Waals surface area (Å²) in [5.74, 6) is 0.366. The van der Waals surface area contributed by atoms with Crippen molar-refractivity contribution < 1.29 is 14.3 Å². The number of nitriles is 1. The van der Waals surface area contributed by atoms with E-state index in [2.05, 4.69) is 21.4 Å². The minimum absolute atomic E-state index is 0.0534. The zero-order valence-corrected chi connectivity index (χ0v) is 16.9. The van der Waals surface area contributed by atoms with Gasteiger partial charge in [0.05, 0.1) is 6.20 Å². The summed E-state index contributed by atoms with van der Waals surface area (Å²) in [7, 11) is 0. The van der Waals surface area contributed by atoms with E-state index in [4.69, 9.17) is 9.47 Å². The van der Waals surface area contributed by atoms with Crippen LogP contribution in [0.3, 0.4) is 0 Å². The number of aromatic nitrogens is 2. The Morgan fingerprint density at radius 2 is 2.07 bits per heavy atom. The number of nitrogens with zero attached hydrogens (tertiary/aromatic N) is 3. The highest BCUT2D eigenvalue weighted by atomic mass is 32.2. The summed E-state index contributed by atoms with van der Waals surface area (Å²) in [4.78, 5) is 20.4. The molecule has 2 fully saturated rings. The van der Waals surface area contributed by atoms with Crippen molar-refractivity contribution in [3.63, 3.8) is 0 Å². The third-order valence-corrected chi connectivity index (χ3v) is 6.09. The van der Waals surface area contributed by atoms with Crippen LogP contribution in [0, 0.1) is 16.7 Å². The Morgan fingerprint density at radius 1 is 1.31 bits per heavy atom. The molecule has 0 unspecified atom stereocenters. The maximum absolute atomic E-state index is 12.0. The molecule has 0 bridgehead atoms. The second-order valence-corrected chi connectivity index (χ2v) is 8.42. The molecule has 1 aromatic carbocycles. The lowest BCUT2D eigenvalue weighted by molar-refractivity contribution is -0.0859. The zero-order chi connectivity index (χ0) is 20.3. The molecule has 1 N–H and O–H groups in total. The van der Waals surface area contributed by atoms with E-state index in [1.807, 2.05) is 36.6 Å². The zero-order valence-electron chi connectivity index (χ0n) is 16.1. The van der Waals surface area contributed by atoms with Crippen molar-refractivity contribution >= 4 is 17.9 Å². The molecule has 0 aliphatic heterocycles. The van der Waals surface area contributed by atoms with Crippen molar-refractivity contribution in [2.45, 2.75) is 49.6 Å². The molecule has 4 rings (SSSR count). The number of hydrogen-bond donors (Lipinski definition) is 1. The van der Waals surface area contributed by atoms with E-state index in [9.17, 15) is 10.1 Å². The molecule has 2 aliphatic carbocycles. The van der Waals surface area contributed by atoms with Gasteiger partial charge in [-0.3, -0.25) is 0 Å². The van der Waals surface area contributed by atoms with Gasteiger partial charge >= 0.3 is 6.09 Å². The summed E-state index contributed by atoms with van der Waals surface area (Å²) in [6.45, 7) is 0.276. The molecule has 0 saturated heterocycles. The number of benzene rings is 1. The highest BCUT2D eigenvalue weighted by Crippen LogP contribution is 2.56. The Labute approximate surface area is 173 Å². The Hall–Kier alpha value is -2.79. The van der Waals surface area contributed by atoms with Crippen LogP contribution >= 0.6 is 11.8 Å². The molecular weight excluding hydrogens is 388 g/mol. The number of hydrogen-bond acceptors (Lipinski definition) is 7. The SMILES string of the molecule is CSc1ncc(C#N)c(OC2CC3(CC(NC(=O)OCc4ccccc4)C3)C2)n1. The van der Waals surface area contributed by atoms with Crippen LogP contribution < -0.4 is 10.1 Å². The van der Waals surface area contributed by atoms with Crippen LogP contribution in [0.4, 0.5) is 4.79 Å². The molecule has 29 heavy (non-hydrogen) atoms. The van der Waals surface area contributed by atoms with Crippen LogP contribution in [-0.2, 0) is 11.3 Å². The third kappa shape index (κ3) is 4.46. The lowest BCUT2D eigenvalue weighted by atomic mass is 9.53. The standard InChI is InChI=1S/C21H22N4O3S/c1-29-19-23-12-15(11-22)18(25-19)28-17-9-21(10-17)7-16(8-21)24-20(26)27-13-14-5-3-2-4-6-14/h2-6,12,16-17H,7-10,13H2,1H3,(H,24,26). The second-order valence-electron chi connectivity index (χ2n) is 7.65. The maximum Gasteiger partial charge on any atom is 0.407 e. The number of amides is 1. The van der Waals surface area contributed by atoms with E-state index in [-0.39, 0.29) is 30.3 Å². The van der Waals surface area contributed by atoms with Crippen LogP contribution in [-0.4, -0.2) is 34.5 Å². The Balaban J connectivity index is 1.20. The first-order chi connectivity index (χ1) is 14.1. The van der Waals surface area contributed by atoms with Crippen molar-refractivity contribution in [1.29, 1.82) is 5.26 Å². The van der Waals surface area contributed by atoms with E-state index in [0.717, 1.165) is 31.2 Å². The fourth-order valence-corrected chi connectivity index (χ4v) is 4.45. The average Bonchev–Trinajstić information content (AvgIpc) is 2.69. The molecule has 150 valence electrons. The number of nitrogens with one attached hydrogen (secondary N) is 1. The van der Waals surface area contributed by atoms with Crippen LogP contribution in [0.5, 0.6) is 5.88 Å². The lowest BCUT2D eigenvalue weighted by Crippen LogP contribution is -2.58. The largest absolute Gasteiger partial charge is 0.473 e. The highest BCUT2D eigenvalue weighted by Gasteiger charge is 2.54. The Bertz CT molecular complexity index is 917. The number of carbonyl (C=O) groups excluding carboxylic acids is 1. The smallest absolute Gasteiger partial charge is 0.407 e. The van der Waals surface area contributed by atoms with Crippen molar-refractivity contribution in [1.82, 2.24) is 15.3 Å². The van der Waals surface area contributed by atoms with Gasteiger partial charge in [0.25, 0.3) is 0 Å². The summed E-state index contributed by atoms with van der Waals surface area (Å²) in [6.07, 6.45) is 6.75. The predicted molar refractivity (Wildman–Crippen MR) is 107 cm³/mol. The van der Waals surface area contributed by atoms with E-state index in [0.29, 0.717) is 16.6 Å². The Morgan fingerprint density at radius 3 is 2.76 bits per heavy atom. The number of carbonyl (C=O) groups is 1. The van der Waals surface area contributed by atoms with Crippen molar-refractivity contribution in [2.24, 2.45) is 5.41 Å². The van der Waals surface area contributed by atoms with Crippen LogP contribution in [0.25, 0.3) is 0 Å². The van der Waals surface area contributed by atoms with Crippen molar-refractivity contribution in [3.05, 3.63) is 47.7 Å². The van der Waals surface area contributed by atoms with Gasteiger partial charge in [-0.05, 0) is 42.9 Å². The molecule has 2 saturated carbocycles. The van der Waals surface area contributed by atoms with E-state index in [1.54, 1.807) is 0 Å². The lowest BCUT2D eigenvalue weighted by Gasteiger charge is -2.56. The molecule has 7 nitrogen and oxygen atoms in total. The maximum atomic E-state index is 12.0. The molecular formula is C21H22N4O3S.